The molecular weight excluding hydrogens is 423 g/mol. The van der Waals surface area contributed by atoms with Gasteiger partial charge in [-0.25, -0.2) is 9.18 Å². The van der Waals surface area contributed by atoms with Crippen molar-refractivity contribution in [1.29, 1.82) is 0 Å². The number of carbonyl (C=O) groups excluding carboxylic acids is 3. The number of carbonyl (C=O) groups is 3. The van der Waals surface area contributed by atoms with Crippen LogP contribution in [0.4, 0.5) is 9.18 Å². The fourth-order valence-corrected chi connectivity index (χ4v) is 3.87. The first-order chi connectivity index (χ1) is 16.0. The summed E-state index contributed by atoms with van der Waals surface area (Å²) in [6, 6.07) is 22.2. The molecule has 2 amide bonds. The Morgan fingerprint density at radius 3 is 2.15 bits per heavy atom. The lowest BCUT2D eigenvalue weighted by Gasteiger charge is -2.27. The van der Waals surface area contributed by atoms with Crippen LogP contribution in [0.5, 0.6) is 0 Å². The number of amides is 2. The van der Waals surface area contributed by atoms with E-state index in [2.05, 4.69) is 5.32 Å². The lowest BCUT2D eigenvalue weighted by Crippen LogP contribution is -2.49. The van der Waals surface area contributed by atoms with Gasteiger partial charge < -0.3 is 10.1 Å². The van der Waals surface area contributed by atoms with Crippen LogP contribution in [0.3, 0.4) is 0 Å². The topological polar surface area (TPSA) is 75.7 Å². The molecule has 1 N–H and O–H groups in total. The number of benzene rings is 3. The Balaban J connectivity index is 1.52. The molecule has 0 radical (unpaired) electrons. The number of nitrogens with zero attached hydrogens (tertiary/aromatic N) is 1. The Hall–Kier alpha value is -4.00. The molecule has 0 aliphatic carbocycles. The largest absolute Gasteiger partial charge is 0.445 e. The third kappa shape index (κ3) is 5.44. The second-order valence-corrected chi connectivity index (χ2v) is 7.85. The van der Waals surface area contributed by atoms with Crippen LogP contribution < -0.4 is 5.32 Å². The molecular formula is C26H23FN2O4. The maximum atomic E-state index is 13.2. The zero-order valence-electron chi connectivity index (χ0n) is 17.8. The highest BCUT2D eigenvalue weighted by Crippen LogP contribution is 2.22. The zero-order chi connectivity index (χ0) is 23.2. The predicted molar refractivity (Wildman–Crippen MR) is 120 cm³/mol. The van der Waals surface area contributed by atoms with Gasteiger partial charge in [0.15, 0.2) is 5.78 Å². The van der Waals surface area contributed by atoms with Crippen molar-refractivity contribution in [2.75, 3.05) is 6.54 Å². The quantitative estimate of drug-likeness (QED) is 0.626. The first-order valence-electron chi connectivity index (χ1n) is 10.6. The van der Waals surface area contributed by atoms with E-state index in [1.165, 1.54) is 29.2 Å². The third-order valence-electron chi connectivity index (χ3n) is 5.58. The smallest absolute Gasteiger partial charge is 0.410 e. The zero-order valence-corrected chi connectivity index (χ0v) is 17.8. The summed E-state index contributed by atoms with van der Waals surface area (Å²) >= 11 is 0. The number of nitrogens with one attached hydrogen (secondary N) is 1. The van der Waals surface area contributed by atoms with E-state index in [4.69, 9.17) is 4.74 Å². The van der Waals surface area contributed by atoms with Gasteiger partial charge in [-0.05, 0) is 41.8 Å². The second-order valence-electron chi connectivity index (χ2n) is 7.85. The normalized spacial score (nSPS) is 17.6. The molecule has 1 fully saturated rings. The van der Waals surface area contributed by atoms with Crippen LogP contribution in [0.25, 0.3) is 0 Å². The minimum atomic E-state index is -0.910. The van der Waals surface area contributed by atoms with E-state index < -0.39 is 29.9 Å². The highest BCUT2D eigenvalue weighted by Gasteiger charge is 2.44. The second kappa shape index (κ2) is 10.1. The summed E-state index contributed by atoms with van der Waals surface area (Å²) in [7, 11) is 0. The van der Waals surface area contributed by atoms with Crippen LogP contribution in [0.15, 0.2) is 84.9 Å². The Morgan fingerprint density at radius 1 is 0.909 bits per heavy atom. The Kier molecular flexibility index (Phi) is 6.78. The molecule has 0 spiro atoms. The van der Waals surface area contributed by atoms with Crippen LogP contribution in [-0.4, -0.2) is 41.3 Å². The van der Waals surface area contributed by atoms with Gasteiger partial charge in [0.05, 0.1) is 12.6 Å². The first kappa shape index (κ1) is 22.2. The van der Waals surface area contributed by atoms with Crippen molar-refractivity contribution in [2.24, 2.45) is 0 Å². The van der Waals surface area contributed by atoms with Crippen molar-refractivity contribution in [3.63, 3.8) is 0 Å². The molecule has 1 saturated heterocycles. The van der Waals surface area contributed by atoms with Crippen molar-refractivity contribution >= 4 is 17.8 Å². The van der Waals surface area contributed by atoms with E-state index >= 15 is 0 Å². The molecule has 7 heteroatoms. The van der Waals surface area contributed by atoms with E-state index in [1.807, 2.05) is 60.7 Å². The monoisotopic (exact) mass is 446 g/mol. The summed E-state index contributed by atoms with van der Waals surface area (Å²) in [6.45, 7) is -0.0888. The summed E-state index contributed by atoms with van der Waals surface area (Å²) in [6.07, 6.45) is -0.256. The van der Waals surface area contributed by atoms with Crippen LogP contribution in [0.2, 0.25) is 0 Å². The number of ether oxygens (including phenoxy) is 1. The first-order valence-corrected chi connectivity index (χ1v) is 10.6. The number of hydrogen-bond donors (Lipinski definition) is 1. The standard InChI is InChI=1S/C26H23FN2O4/c27-21-13-11-20(12-14-21)25(31)28-24-22(15-18-7-3-1-4-8-18)29(16-23(24)30)26(32)33-17-19-9-5-2-6-10-19/h1-14,22,24H,15-17H2,(H,28,31). The molecule has 1 heterocycles. The van der Waals surface area contributed by atoms with Crippen molar-refractivity contribution in [3.8, 4) is 0 Å². The SMILES string of the molecule is O=C(NC1C(=O)CN(C(=O)OCc2ccccc2)C1Cc1ccccc1)c1ccc(F)cc1. The van der Waals surface area contributed by atoms with Gasteiger partial charge in [-0.1, -0.05) is 60.7 Å². The van der Waals surface area contributed by atoms with Gasteiger partial charge in [0.2, 0.25) is 0 Å². The minimum Gasteiger partial charge on any atom is -0.445 e. The Labute approximate surface area is 191 Å². The van der Waals surface area contributed by atoms with E-state index in [0.29, 0.717) is 6.42 Å². The molecule has 6 nitrogen and oxygen atoms in total. The molecule has 0 aromatic heterocycles. The van der Waals surface area contributed by atoms with Gasteiger partial charge in [-0.3, -0.25) is 14.5 Å². The van der Waals surface area contributed by atoms with E-state index in [1.54, 1.807) is 0 Å². The highest BCUT2D eigenvalue weighted by atomic mass is 19.1. The molecule has 3 aromatic rings. The summed E-state index contributed by atoms with van der Waals surface area (Å²) in [5, 5.41) is 2.73. The van der Waals surface area contributed by atoms with Gasteiger partial charge in [0.1, 0.15) is 18.5 Å². The molecule has 2 unspecified atom stereocenters. The van der Waals surface area contributed by atoms with Gasteiger partial charge in [0.25, 0.3) is 5.91 Å². The Bertz CT molecular complexity index is 1120. The van der Waals surface area contributed by atoms with Crippen LogP contribution in [-0.2, 0) is 22.6 Å². The van der Waals surface area contributed by atoms with E-state index in [-0.39, 0.29) is 24.5 Å². The lowest BCUT2D eigenvalue weighted by atomic mass is 9.99. The van der Waals surface area contributed by atoms with Gasteiger partial charge in [-0.15, -0.1) is 0 Å². The summed E-state index contributed by atoms with van der Waals surface area (Å²) < 4.78 is 18.7. The molecule has 3 aromatic carbocycles. The van der Waals surface area contributed by atoms with Crippen molar-refractivity contribution in [1.82, 2.24) is 10.2 Å². The van der Waals surface area contributed by atoms with Crippen LogP contribution in [0, 0.1) is 5.82 Å². The number of likely N-dealkylation sites (tertiary alicyclic amines) is 1. The number of hydrogen-bond acceptors (Lipinski definition) is 4. The summed E-state index contributed by atoms with van der Waals surface area (Å²) in [5.74, 6) is -1.26. The third-order valence-corrected chi connectivity index (χ3v) is 5.58. The van der Waals surface area contributed by atoms with Crippen LogP contribution >= 0.6 is 0 Å². The molecule has 1 aliphatic heterocycles. The molecule has 168 valence electrons. The number of halogens is 1. The predicted octanol–water partition coefficient (Wildman–Crippen LogP) is 3.76. The number of ketones is 1. The highest BCUT2D eigenvalue weighted by molar-refractivity contribution is 6.00. The average Bonchev–Trinajstić information content (AvgIpc) is 3.14. The van der Waals surface area contributed by atoms with Gasteiger partial charge >= 0.3 is 6.09 Å². The summed E-state index contributed by atoms with van der Waals surface area (Å²) in [4.78, 5) is 39.9. The summed E-state index contributed by atoms with van der Waals surface area (Å²) in [5.41, 5.74) is 1.98. The molecule has 0 saturated carbocycles. The number of rotatable bonds is 6. The van der Waals surface area contributed by atoms with Gasteiger partial charge in [-0.2, -0.15) is 0 Å². The van der Waals surface area contributed by atoms with Gasteiger partial charge in [0, 0.05) is 5.56 Å². The molecule has 2 atom stereocenters. The molecule has 33 heavy (non-hydrogen) atoms. The maximum Gasteiger partial charge on any atom is 0.410 e. The van der Waals surface area contributed by atoms with E-state index in [0.717, 1.165) is 11.1 Å². The average molecular weight is 446 g/mol. The van der Waals surface area contributed by atoms with Crippen molar-refractivity contribution in [3.05, 3.63) is 107 Å². The fraction of sp³-hybridized carbons (Fsp3) is 0.192. The van der Waals surface area contributed by atoms with Crippen LogP contribution in [0.1, 0.15) is 21.5 Å². The van der Waals surface area contributed by atoms with Crippen molar-refractivity contribution < 1.29 is 23.5 Å². The number of Topliss-reactive ketones (excluding diaryl/α,β-unsaturated/α-hetero) is 1. The Morgan fingerprint density at radius 2 is 1.52 bits per heavy atom. The molecule has 0 bridgehead atoms. The van der Waals surface area contributed by atoms with Crippen molar-refractivity contribution in [2.45, 2.75) is 25.1 Å². The maximum absolute atomic E-state index is 13.2. The van der Waals surface area contributed by atoms with E-state index in [9.17, 15) is 18.8 Å². The fourth-order valence-electron chi connectivity index (χ4n) is 3.87. The molecule has 1 aliphatic rings. The molecule has 4 rings (SSSR count). The minimum absolute atomic E-state index is 0.0784. The lowest BCUT2D eigenvalue weighted by molar-refractivity contribution is -0.118.